The van der Waals surface area contributed by atoms with E-state index in [1.54, 1.807) is 12.1 Å². The Balaban J connectivity index is 6.05. The first kappa shape index (κ1) is 27.6. The third-order valence-corrected chi connectivity index (χ3v) is 37.3. The zero-order valence-corrected chi connectivity index (χ0v) is 25.1. The standard InChI is InChI=1S/C18H52B2P2Si4/c1-21(2,19)17(23(5,6)7)25(11,12)15-16-26(13,14)18(22(3,4)20)24(8,9)10/h15-16H2,1-14,19-20H3/q-2. The van der Waals surface area contributed by atoms with E-state index in [1.807, 2.05) is 0 Å². The summed E-state index contributed by atoms with van der Waals surface area (Å²) < 4.78 is 4.51. The fraction of sp³-hybridized carbons (Fsp3) is 0.889. The van der Waals surface area contributed by atoms with Gasteiger partial charge in [-0.05, 0) is 15.1 Å². The molecule has 0 aliphatic rings. The van der Waals surface area contributed by atoms with E-state index in [9.17, 15) is 0 Å². The first-order valence-electron chi connectivity index (χ1n) is 9.44. The largest absolute Gasteiger partial charge is 0.268 e. The summed E-state index contributed by atoms with van der Waals surface area (Å²) in [5.41, 5.74) is 0. The van der Waals surface area contributed by atoms with Gasteiger partial charge in [-0.15, -0.1) is 9.08 Å². The minimum Gasteiger partial charge on any atom is -0.268 e. The van der Waals surface area contributed by atoms with Gasteiger partial charge in [0.1, 0.15) is 0 Å². The predicted molar refractivity (Wildman–Crippen MR) is 159 cm³/mol. The topological polar surface area (TPSA) is 0 Å². The summed E-state index contributed by atoms with van der Waals surface area (Å²) >= 11 is 0. The molecule has 158 valence electrons. The second kappa shape index (κ2) is 8.38. The molecule has 0 N–H and O–H groups in total. The van der Waals surface area contributed by atoms with Crippen molar-refractivity contribution in [2.24, 2.45) is 0 Å². The molecule has 8 heteroatoms. The van der Waals surface area contributed by atoms with Gasteiger partial charge in [0.25, 0.3) is 0 Å². The monoisotopic (exact) mass is 464 g/mol. The quantitative estimate of drug-likeness (QED) is 0.379. The molecule has 0 saturated carbocycles. The highest BCUT2D eigenvalue weighted by atomic mass is 31.2. The van der Waals surface area contributed by atoms with Gasteiger partial charge in [0.15, 0.2) is 0 Å². The molecule has 0 aromatic heterocycles. The first-order chi connectivity index (χ1) is 10.9. The van der Waals surface area contributed by atoms with E-state index in [2.05, 4.69) is 101 Å². The summed E-state index contributed by atoms with van der Waals surface area (Å²) in [7, 11) is -3.74. The zero-order valence-electron chi connectivity index (χ0n) is 19.3. The molecule has 0 unspecified atom stereocenters. The van der Waals surface area contributed by atoms with Crippen molar-refractivity contribution >= 4 is 70.0 Å². The van der Waals surface area contributed by atoms with E-state index < -0.39 is 45.8 Å². The average molecular weight is 465 g/mol. The molecule has 0 fully saturated rings. The summed E-state index contributed by atoms with van der Waals surface area (Å²) in [6.07, 6.45) is 0. The minimum atomic E-state index is -1.22. The maximum absolute atomic E-state index is 2.77. The lowest BCUT2D eigenvalue weighted by molar-refractivity contribution is 1.32. The Kier molecular flexibility index (Phi) is 8.90. The van der Waals surface area contributed by atoms with Crippen LogP contribution < -0.4 is 0 Å². The molecule has 0 bridgehead atoms. The van der Waals surface area contributed by atoms with Gasteiger partial charge >= 0.3 is 0 Å². The number of hydrogen-bond acceptors (Lipinski definition) is 0. The Morgan fingerprint density at radius 3 is 0.846 bits per heavy atom. The molecule has 0 atom stereocenters. The highest BCUT2D eigenvalue weighted by molar-refractivity contribution is 8.03. The molecule has 0 radical (unpaired) electrons. The Labute approximate surface area is 173 Å². The van der Waals surface area contributed by atoms with E-state index in [0.29, 0.717) is 15.1 Å². The highest BCUT2D eigenvalue weighted by Crippen LogP contribution is 2.45. The van der Waals surface area contributed by atoms with Crippen LogP contribution in [0, 0.1) is 0 Å². The van der Waals surface area contributed by atoms with Gasteiger partial charge in [0.05, 0.1) is 32.3 Å². The van der Waals surface area contributed by atoms with Gasteiger partial charge in [-0.25, -0.2) is 0 Å². The molecule has 0 aromatic carbocycles. The van der Waals surface area contributed by atoms with Crippen molar-refractivity contribution in [3.63, 3.8) is 0 Å². The normalized spacial score (nSPS) is 15.2. The Hall–Kier alpha value is 1.60. The van der Waals surface area contributed by atoms with Crippen LogP contribution >= 0.6 is 13.5 Å². The molecule has 0 aliphatic heterocycles. The van der Waals surface area contributed by atoms with Crippen molar-refractivity contribution < 1.29 is 0 Å². The molecular formula is C18H52B2P2Si4-2. The van der Waals surface area contributed by atoms with E-state index in [1.165, 1.54) is 0 Å². The maximum atomic E-state index is 2.77. The van der Waals surface area contributed by atoms with Crippen molar-refractivity contribution in [2.45, 2.75) is 77.6 Å². The molecule has 0 nitrogen and oxygen atoms in total. The molecule has 0 rings (SSSR count). The summed E-state index contributed by atoms with van der Waals surface area (Å²) in [4.78, 5) is 0. The third kappa shape index (κ3) is 7.79. The summed E-state index contributed by atoms with van der Waals surface area (Å²) in [6, 6.07) is 3.21. The number of hydrogen-bond donors (Lipinski definition) is 0. The first-order valence-corrected chi connectivity index (χ1v) is 27.3. The SMILES string of the molecule is [BH3-]P(C)(C)=C([Si](C)(C)C)[Si](C)(C)CC[Si](C)(C)C([Si](C)(C)C)=P([BH3-])(C)C. The third-order valence-electron chi connectivity index (χ3n) is 4.97. The molecule has 0 amide bonds. The summed E-state index contributed by atoms with van der Waals surface area (Å²) in [5.74, 6) is 0. The van der Waals surface area contributed by atoms with E-state index in [0.717, 1.165) is 0 Å². The van der Waals surface area contributed by atoms with Gasteiger partial charge in [0, 0.05) is 0 Å². The smallest absolute Gasteiger partial charge is 0.0674 e. The van der Waals surface area contributed by atoms with Crippen molar-refractivity contribution in [3.8, 4) is 0 Å². The number of rotatable bonds is 7. The molecule has 0 aromatic rings. The van der Waals surface area contributed by atoms with Crippen molar-refractivity contribution in [3.05, 3.63) is 0 Å². The second-order valence-electron chi connectivity index (χ2n) is 11.3. The Morgan fingerprint density at radius 2 is 0.731 bits per heavy atom. The molecule has 26 heavy (non-hydrogen) atoms. The highest BCUT2D eigenvalue weighted by Gasteiger charge is 2.40. The van der Waals surface area contributed by atoms with Crippen molar-refractivity contribution in [2.75, 3.05) is 26.7 Å². The molecule has 0 spiro atoms. The molecule has 0 saturated heterocycles. The van der Waals surface area contributed by atoms with E-state index in [-0.39, 0.29) is 0 Å². The lowest BCUT2D eigenvalue weighted by atomic mass is 10.8. The lowest BCUT2D eigenvalue weighted by Gasteiger charge is -2.46. The van der Waals surface area contributed by atoms with Gasteiger partial charge in [-0.2, -0.15) is 0 Å². The summed E-state index contributed by atoms with van der Waals surface area (Å²) in [6.45, 7) is 36.7. The van der Waals surface area contributed by atoms with Crippen LogP contribution in [0.2, 0.25) is 77.6 Å². The van der Waals surface area contributed by atoms with Crippen LogP contribution in [-0.2, 0) is 0 Å². The van der Waals surface area contributed by atoms with Gasteiger partial charge in [0.2, 0.25) is 0 Å². The van der Waals surface area contributed by atoms with E-state index in [4.69, 9.17) is 0 Å². The van der Waals surface area contributed by atoms with Crippen LogP contribution in [0.3, 0.4) is 0 Å². The second-order valence-corrected chi connectivity index (χ2v) is 37.9. The van der Waals surface area contributed by atoms with Crippen LogP contribution in [0.15, 0.2) is 0 Å². The van der Waals surface area contributed by atoms with Crippen LogP contribution in [0.5, 0.6) is 0 Å². The molecular weight excluding hydrogens is 412 g/mol. The van der Waals surface area contributed by atoms with Gasteiger partial charge in [-0.3, -0.25) is 13.5 Å². The van der Waals surface area contributed by atoms with Crippen LogP contribution in [0.1, 0.15) is 0 Å². The van der Waals surface area contributed by atoms with Gasteiger partial charge in [-0.1, -0.05) is 104 Å². The Morgan fingerprint density at radius 1 is 0.538 bits per heavy atom. The molecule has 0 aliphatic carbocycles. The summed E-state index contributed by atoms with van der Waals surface area (Å²) in [5, 5.41) is 0. The fourth-order valence-electron chi connectivity index (χ4n) is 5.44. The Bertz CT molecular complexity index is 554. The van der Waals surface area contributed by atoms with E-state index >= 15 is 0 Å². The zero-order chi connectivity index (χ0) is 21.6. The van der Waals surface area contributed by atoms with Gasteiger partial charge < -0.3 is 0 Å². The lowest BCUT2D eigenvalue weighted by Crippen LogP contribution is -2.55. The molecule has 0 heterocycles. The van der Waals surface area contributed by atoms with Crippen molar-refractivity contribution in [1.82, 2.24) is 0 Å². The van der Waals surface area contributed by atoms with Crippen LogP contribution in [-0.4, -0.2) is 83.2 Å². The predicted octanol–water partition coefficient (Wildman–Crippen LogP) is 4.70. The minimum absolute atomic E-state index is 0.477. The average Bonchev–Trinajstić information content (AvgIpc) is 2.15. The maximum Gasteiger partial charge on any atom is 0.0674 e. The van der Waals surface area contributed by atoms with Crippen LogP contribution in [0.4, 0.5) is 0 Å². The fourth-order valence-corrected chi connectivity index (χ4v) is 49.0. The van der Waals surface area contributed by atoms with Crippen molar-refractivity contribution in [1.29, 1.82) is 0 Å². The van der Waals surface area contributed by atoms with Crippen LogP contribution in [0.25, 0.3) is 0 Å².